The molecule has 2 aromatic heterocycles. The smallest absolute Gasteiger partial charge is 0.378 e. The van der Waals surface area contributed by atoms with Crippen LogP contribution in [0.2, 0.25) is 0 Å². The van der Waals surface area contributed by atoms with Crippen LogP contribution in [0.15, 0.2) is 22.7 Å². The number of amides is 1. The van der Waals surface area contributed by atoms with Gasteiger partial charge in [-0.05, 0) is 50.2 Å². The molecule has 2 aliphatic heterocycles. The van der Waals surface area contributed by atoms with Crippen molar-refractivity contribution in [1.29, 1.82) is 0 Å². The van der Waals surface area contributed by atoms with Crippen LogP contribution in [-0.4, -0.2) is 58.5 Å². The fraction of sp³-hybridized carbons (Fsp3) is 0.560. The summed E-state index contributed by atoms with van der Waals surface area (Å²) in [6.45, 7) is 3.92. The van der Waals surface area contributed by atoms with Gasteiger partial charge >= 0.3 is 6.18 Å². The minimum absolute atomic E-state index is 0.0462. The summed E-state index contributed by atoms with van der Waals surface area (Å²) in [4.78, 5) is 18.2. The number of carbonyl (C=O) groups excluding carboxylic acids is 1. The second-order valence-corrected chi connectivity index (χ2v) is 10.9. The predicted octanol–water partition coefficient (Wildman–Crippen LogP) is 5.63. The van der Waals surface area contributed by atoms with Crippen LogP contribution in [0.25, 0.3) is 20.8 Å². The van der Waals surface area contributed by atoms with Gasteiger partial charge in [0.25, 0.3) is 0 Å². The molecule has 0 saturated carbocycles. The van der Waals surface area contributed by atoms with Crippen LogP contribution in [0.5, 0.6) is 0 Å². The van der Waals surface area contributed by atoms with Gasteiger partial charge in [0.15, 0.2) is 0 Å². The molecule has 3 aromatic rings. The van der Waals surface area contributed by atoms with Crippen LogP contribution >= 0.6 is 11.3 Å². The summed E-state index contributed by atoms with van der Waals surface area (Å²) < 4.78 is 62.2. The first kappa shape index (κ1) is 25.9. The maximum absolute atomic E-state index is 15.3. The van der Waals surface area contributed by atoms with Crippen molar-refractivity contribution in [2.75, 3.05) is 12.4 Å². The normalized spacial score (nSPS) is 27.1. The van der Waals surface area contributed by atoms with Crippen LogP contribution in [0.1, 0.15) is 57.0 Å². The number of rotatable bonds is 6. The Balaban J connectivity index is 1.53. The van der Waals surface area contributed by atoms with Crippen molar-refractivity contribution in [3.8, 4) is 10.7 Å². The number of carbonyl (C=O) groups is 1. The van der Waals surface area contributed by atoms with Gasteiger partial charge < -0.3 is 15.2 Å². The van der Waals surface area contributed by atoms with E-state index in [1.807, 2.05) is 14.0 Å². The van der Waals surface area contributed by atoms with Gasteiger partial charge in [-0.1, -0.05) is 24.2 Å². The van der Waals surface area contributed by atoms with Crippen LogP contribution < -0.4 is 10.6 Å². The van der Waals surface area contributed by atoms with Gasteiger partial charge in [0.05, 0.1) is 27.7 Å². The maximum atomic E-state index is 15.3. The van der Waals surface area contributed by atoms with Gasteiger partial charge in [-0.15, -0.1) is 11.3 Å². The van der Waals surface area contributed by atoms with Gasteiger partial charge in [0, 0.05) is 18.5 Å². The van der Waals surface area contributed by atoms with E-state index in [1.165, 1.54) is 0 Å². The third-order valence-electron chi connectivity index (χ3n) is 7.54. The molecular weight excluding hydrogens is 510 g/mol. The number of anilines is 1. The van der Waals surface area contributed by atoms with Crippen molar-refractivity contribution in [1.82, 2.24) is 20.4 Å². The van der Waals surface area contributed by atoms with Crippen molar-refractivity contribution in [2.24, 2.45) is 0 Å². The number of fused-ring (bicyclic) bond motifs is 1. The van der Waals surface area contributed by atoms with E-state index in [1.54, 1.807) is 18.2 Å². The molecule has 2 fully saturated rings. The molecule has 5 rings (SSSR count). The SMILES string of the molecule is CCC1CC(Nc2cccc3c(CC(F)(F)F)c(-c4noc(C5CCC(=O)N5)n4)sc23)C(F)C(C)N1C. The van der Waals surface area contributed by atoms with Crippen molar-refractivity contribution in [3.63, 3.8) is 0 Å². The lowest BCUT2D eigenvalue weighted by Crippen LogP contribution is -2.56. The zero-order valence-corrected chi connectivity index (χ0v) is 21.5. The van der Waals surface area contributed by atoms with Crippen LogP contribution in [0, 0.1) is 0 Å². The first-order valence-electron chi connectivity index (χ1n) is 12.4. The number of hydrogen-bond acceptors (Lipinski definition) is 7. The minimum Gasteiger partial charge on any atom is -0.378 e. The molecule has 7 nitrogen and oxygen atoms in total. The molecule has 1 amide bonds. The molecule has 2 aliphatic rings. The summed E-state index contributed by atoms with van der Waals surface area (Å²) in [7, 11) is 1.92. The number of hydrogen-bond donors (Lipinski definition) is 2. The molecule has 1 aromatic carbocycles. The highest BCUT2D eigenvalue weighted by molar-refractivity contribution is 7.23. The fourth-order valence-electron chi connectivity index (χ4n) is 5.38. The zero-order chi connectivity index (χ0) is 26.5. The molecule has 0 aliphatic carbocycles. The summed E-state index contributed by atoms with van der Waals surface area (Å²) in [6.07, 6.45) is -4.50. The van der Waals surface area contributed by atoms with Gasteiger partial charge in [0.2, 0.25) is 17.6 Å². The lowest BCUT2D eigenvalue weighted by Gasteiger charge is -2.44. The number of piperidine rings is 1. The Morgan fingerprint density at radius 3 is 2.78 bits per heavy atom. The molecule has 200 valence electrons. The molecule has 5 atom stereocenters. The summed E-state index contributed by atoms with van der Waals surface area (Å²) >= 11 is 1.13. The summed E-state index contributed by atoms with van der Waals surface area (Å²) in [5.74, 6) is 0.0745. The monoisotopic (exact) mass is 539 g/mol. The molecule has 4 heterocycles. The van der Waals surface area contributed by atoms with Gasteiger partial charge in [0.1, 0.15) is 12.2 Å². The van der Waals surface area contributed by atoms with Gasteiger partial charge in [-0.25, -0.2) is 4.39 Å². The Morgan fingerprint density at radius 2 is 2.11 bits per heavy atom. The molecular formula is C25H29F4N5O2S. The third-order valence-corrected chi connectivity index (χ3v) is 8.81. The summed E-state index contributed by atoms with van der Waals surface area (Å²) in [6, 6.07) is 4.08. The van der Waals surface area contributed by atoms with Crippen molar-refractivity contribution >= 4 is 33.0 Å². The Morgan fingerprint density at radius 1 is 1.32 bits per heavy atom. The Labute approximate surface area is 215 Å². The second kappa shape index (κ2) is 9.86. The number of aromatic nitrogens is 2. The topological polar surface area (TPSA) is 83.3 Å². The lowest BCUT2D eigenvalue weighted by atomic mass is 9.89. The Bertz CT molecular complexity index is 1290. The first-order chi connectivity index (χ1) is 17.6. The molecule has 12 heteroatoms. The number of nitrogens with one attached hydrogen (secondary N) is 2. The lowest BCUT2D eigenvalue weighted by molar-refractivity contribution is -0.126. The molecule has 2 saturated heterocycles. The van der Waals surface area contributed by atoms with Crippen LogP contribution in [0.4, 0.5) is 23.2 Å². The van der Waals surface area contributed by atoms with E-state index >= 15 is 4.39 Å². The molecule has 37 heavy (non-hydrogen) atoms. The van der Waals surface area contributed by atoms with Gasteiger partial charge in [-0.2, -0.15) is 18.2 Å². The van der Waals surface area contributed by atoms with Gasteiger partial charge in [-0.3, -0.25) is 9.69 Å². The van der Waals surface area contributed by atoms with E-state index in [9.17, 15) is 18.0 Å². The molecule has 5 unspecified atom stereocenters. The number of benzene rings is 1. The fourth-order valence-corrected chi connectivity index (χ4v) is 6.61. The highest BCUT2D eigenvalue weighted by Crippen LogP contribution is 2.44. The average Bonchev–Trinajstić information content (AvgIpc) is 3.58. The van der Waals surface area contributed by atoms with E-state index in [4.69, 9.17) is 4.52 Å². The number of halogens is 4. The van der Waals surface area contributed by atoms with Crippen LogP contribution in [-0.2, 0) is 11.2 Å². The average molecular weight is 540 g/mol. The number of likely N-dealkylation sites (tertiary alicyclic amines) is 1. The largest absolute Gasteiger partial charge is 0.393 e. The van der Waals surface area contributed by atoms with Crippen molar-refractivity contribution in [2.45, 2.75) is 82.5 Å². The van der Waals surface area contributed by atoms with Crippen molar-refractivity contribution < 1.29 is 26.9 Å². The van der Waals surface area contributed by atoms with E-state index in [-0.39, 0.29) is 40.1 Å². The maximum Gasteiger partial charge on any atom is 0.393 e. The van der Waals surface area contributed by atoms with E-state index < -0.39 is 30.9 Å². The highest BCUT2D eigenvalue weighted by atomic mass is 32.1. The van der Waals surface area contributed by atoms with E-state index in [0.29, 0.717) is 35.0 Å². The molecule has 0 radical (unpaired) electrons. The predicted molar refractivity (Wildman–Crippen MR) is 133 cm³/mol. The Hall–Kier alpha value is -2.73. The standard InChI is InChI=1S/C25H29F4N5O2S/c1-4-13-10-18(20(26)12(2)34(13)3)30-16-7-5-6-14-15(11-25(27,28)29)22(37-21(14)16)23-32-24(36-33-23)17-8-9-19(35)31-17/h5-7,12-13,17-18,20,30H,4,8-11H2,1-3H3,(H,31,35). The number of nitrogens with zero attached hydrogens (tertiary/aromatic N) is 3. The third kappa shape index (κ3) is 5.05. The quantitative estimate of drug-likeness (QED) is 0.395. The summed E-state index contributed by atoms with van der Waals surface area (Å²) in [5.41, 5.74) is 0.641. The molecule has 0 spiro atoms. The summed E-state index contributed by atoms with van der Waals surface area (Å²) in [5, 5.41) is 10.4. The van der Waals surface area contributed by atoms with Crippen molar-refractivity contribution in [3.05, 3.63) is 29.7 Å². The number of alkyl halides is 4. The Kier molecular flexibility index (Phi) is 6.90. The van der Waals surface area contributed by atoms with E-state index in [0.717, 1.165) is 17.8 Å². The minimum atomic E-state index is -4.46. The highest BCUT2D eigenvalue weighted by Gasteiger charge is 2.39. The van der Waals surface area contributed by atoms with Crippen LogP contribution in [0.3, 0.4) is 0 Å². The second-order valence-electron chi connectivity index (χ2n) is 9.90. The number of thiophene rings is 1. The zero-order valence-electron chi connectivity index (χ0n) is 20.7. The first-order valence-corrected chi connectivity index (χ1v) is 13.2. The van der Waals surface area contributed by atoms with E-state index in [2.05, 4.69) is 32.6 Å². The molecule has 2 N–H and O–H groups in total. The molecule has 0 bridgehead atoms.